The Morgan fingerprint density at radius 2 is 1.73 bits per heavy atom. The van der Waals surface area contributed by atoms with E-state index in [1.807, 2.05) is 18.2 Å². The van der Waals surface area contributed by atoms with E-state index in [0.29, 0.717) is 52.5 Å². The zero-order valence-electron chi connectivity index (χ0n) is 21.2. The largest absolute Gasteiger partial charge is 0.497 e. The molecular formula is C30H19Br2Cl2N3O4. The minimum atomic E-state index is -0.574. The van der Waals surface area contributed by atoms with E-state index in [4.69, 9.17) is 32.7 Å². The average Bonchev–Trinajstić information content (AvgIpc) is 3.33. The van der Waals surface area contributed by atoms with Crippen molar-refractivity contribution in [2.45, 2.75) is 0 Å². The first-order valence-corrected chi connectivity index (χ1v) is 14.3. The van der Waals surface area contributed by atoms with Crippen molar-refractivity contribution in [1.29, 1.82) is 0 Å². The first-order chi connectivity index (χ1) is 19.7. The van der Waals surface area contributed by atoms with E-state index in [-0.39, 0.29) is 11.4 Å². The summed E-state index contributed by atoms with van der Waals surface area (Å²) in [4.78, 5) is 29.4. The van der Waals surface area contributed by atoms with Gasteiger partial charge in [0.15, 0.2) is 5.75 Å². The third kappa shape index (κ3) is 6.33. The highest BCUT2D eigenvalue weighted by Crippen LogP contribution is 2.38. The predicted molar refractivity (Wildman–Crippen MR) is 169 cm³/mol. The molecule has 11 heteroatoms. The van der Waals surface area contributed by atoms with Gasteiger partial charge in [0.05, 0.1) is 23.4 Å². The molecule has 5 rings (SSSR count). The van der Waals surface area contributed by atoms with Crippen LogP contribution < -0.4 is 14.9 Å². The van der Waals surface area contributed by atoms with Crippen LogP contribution in [0.15, 0.2) is 92.9 Å². The molecule has 0 aliphatic rings. The summed E-state index contributed by atoms with van der Waals surface area (Å²) >= 11 is 19.6. The number of nitrogens with zero attached hydrogens (tertiary/aromatic N) is 1. The zero-order chi connectivity index (χ0) is 29.1. The van der Waals surface area contributed by atoms with Gasteiger partial charge in [-0.1, -0.05) is 57.3 Å². The van der Waals surface area contributed by atoms with E-state index in [1.165, 1.54) is 6.21 Å². The summed E-state index contributed by atoms with van der Waals surface area (Å²) in [5.74, 6) is -0.237. The Morgan fingerprint density at radius 3 is 2.46 bits per heavy atom. The summed E-state index contributed by atoms with van der Waals surface area (Å²) < 4.78 is 12.0. The van der Waals surface area contributed by atoms with E-state index in [0.717, 1.165) is 5.39 Å². The molecule has 0 bridgehead atoms. The Hall–Kier alpha value is -3.63. The maximum atomic E-state index is 13.4. The van der Waals surface area contributed by atoms with Crippen LogP contribution >= 0.6 is 55.1 Å². The van der Waals surface area contributed by atoms with Gasteiger partial charge in [-0.3, -0.25) is 4.79 Å². The SMILES string of the molecule is COc1ccc(C(=O)Oc2c(Br)cc(Br)cc2C=NNC(=O)c2[nH]c3ccc(Cl)cc3c2-c2ccccc2Cl)cc1. The molecule has 2 N–H and O–H groups in total. The molecule has 7 nitrogen and oxygen atoms in total. The second kappa shape index (κ2) is 12.5. The lowest BCUT2D eigenvalue weighted by molar-refractivity contribution is 0.0732. The van der Waals surface area contributed by atoms with Crippen molar-refractivity contribution in [3.8, 4) is 22.6 Å². The number of H-pyrrole nitrogens is 1. The van der Waals surface area contributed by atoms with Gasteiger partial charge in [-0.15, -0.1) is 0 Å². The molecule has 5 aromatic rings. The van der Waals surface area contributed by atoms with E-state index >= 15 is 0 Å². The van der Waals surface area contributed by atoms with Gasteiger partial charge >= 0.3 is 5.97 Å². The Kier molecular flexibility index (Phi) is 8.79. The first kappa shape index (κ1) is 28.9. The van der Waals surface area contributed by atoms with Gasteiger partial charge in [0.25, 0.3) is 5.91 Å². The normalized spacial score (nSPS) is 11.1. The lowest BCUT2D eigenvalue weighted by Crippen LogP contribution is -2.19. The van der Waals surface area contributed by atoms with Crippen molar-refractivity contribution >= 4 is 84.1 Å². The molecule has 1 amide bonds. The van der Waals surface area contributed by atoms with Crippen LogP contribution in [0.5, 0.6) is 11.5 Å². The summed E-state index contributed by atoms with van der Waals surface area (Å²) in [5, 5.41) is 5.89. The van der Waals surface area contributed by atoms with Crippen LogP contribution in [0.25, 0.3) is 22.0 Å². The number of aromatic amines is 1. The fraction of sp³-hybridized carbons (Fsp3) is 0.0333. The van der Waals surface area contributed by atoms with E-state index in [1.54, 1.807) is 67.8 Å². The van der Waals surface area contributed by atoms with Crippen molar-refractivity contribution in [2.24, 2.45) is 5.10 Å². The Balaban J connectivity index is 1.44. The van der Waals surface area contributed by atoms with Crippen molar-refractivity contribution in [3.05, 3.63) is 115 Å². The van der Waals surface area contributed by atoms with Crippen LogP contribution in [-0.4, -0.2) is 30.2 Å². The van der Waals surface area contributed by atoms with Crippen LogP contribution in [0, 0.1) is 0 Å². The topological polar surface area (TPSA) is 92.8 Å². The summed E-state index contributed by atoms with van der Waals surface area (Å²) in [6, 6.07) is 22.5. The molecule has 4 aromatic carbocycles. The van der Waals surface area contributed by atoms with Crippen molar-refractivity contribution < 1.29 is 19.1 Å². The summed E-state index contributed by atoms with van der Waals surface area (Å²) in [6.45, 7) is 0. The van der Waals surface area contributed by atoms with Crippen LogP contribution in [0.4, 0.5) is 0 Å². The standard InChI is InChI=1S/C30H19Br2Cl2N3O4/c1-40-20-9-6-16(7-10-20)30(39)41-28-17(12-18(31)13-23(28)32)15-35-37-29(38)27-26(21-4-2-3-5-24(21)34)22-14-19(33)8-11-25(22)36-27/h2-15,36H,1H3,(H,37,38). The van der Waals surface area contributed by atoms with E-state index < -0.39 is 11.9 Å². The molecule has 0 saturated carbocycles. The number of benzene rings is 4. The first-order valence-electron chi connectivity index (χ1n) is 12.0. The molecule has 0 unspecified atom stereocenters. The molecule has 0 radical (unpaired) electrons. The van der Waals surface area contributed by atoms with E-state index in [9.17, 15) is 9.59 Å². The number of nitrogens with one attached hydrogen (secondary N) is 2. The lowest BCUT2D eigenvalue weighted by Gasteiger charge is -2.11. The third-order valence-electron chi connectivity index (χ3n) is 6.06. The maximum absolute atomic E-state index is 13.4. The minimum absolute atomic E-state index is 0.226. The van der Waals surface area contributed by atoms with Gasteiger partial charge in [-0.05, 0) is 76.6 Å². The molecule has 0 aliphatic carbocycles. The lowest BCUT2D eigenvalue weighted by atomic mass is 10.0. The van der Waals surface area contributed by atoms with Crippen molar-refractivity contribution in [2.75, 3.05) is 7.11 Å². The van der Waals surface area contributed by atoms with E-state index in [2.05, 4.69) is 47.4 Å². The number of hydrogen-bond acceptors (Lipinski definition) is 5. The molecular weight excluding hydrogens is 697 g/mol. The molecule has 0 atom stereocenters. The highest BCUT2D eigenvalue weighted by Gasteiger charge is 2.21. The number of hydrazone groups is 1. The Labute approximate surface area is 261 Å². The number of hydrogen-bond donors (Lipinski definition) is 2. The Bertz CT molecular complexity index is 1820. The van der Waals surface area contributed by atoms with Crippen molar-refractivity contribution in [3.63, 3.8) is 0 Å². The fourth-order valence-electron chi connectivity index (χ4n) is 4.16. The van der Waals surface area contributed by atoms with Gasteiger partial charge in [0, 0.05) is 42.1 Å². The molecule has 0 saturated heterocycles. The number of amides is 1. The van der Waals surface area contributed by atoms with Gasteiger partial charge in [0.1, 0.15) is 11.4 Å². The van der Waals surface area contributed by atoms with Crippen LogP contribution in [0.1, 0.15) is 26.4 Å². The van der Waals surface area contributed by atoms with Gasteiger partial charge in [-0.25, -0.2) is 10.2 Å². The highest BCUT2D eigenvalue weighted by atomic mass is 79.9. The Morgan fingerprint density at radius 1 is 0.976 bits per heavy atom. The zero-order valence-corrected chi connectivity index (χ0v) is 25.9. The van der Waals surface area contributed by atoms with Crippen molar-refractivity contribution in [1.82, 2.24) is 10.4 Å². The molecule has 1 heterocycles. The minimum Gasteiger partial charge on any atom is -0.497 e. The summed E-state index contributed by atoms with van der Waals surface area (Å²) in [6.07, 6.45) is 1.39. The van der Waals surface area contributed by atoms with Crippen LogP contribution in [0.3, 0.4) is 0 Å². The number of methoxy groups -OCH3 is 1. The van der Waals surface area contributed by atoms with Crippen LogP contribution in [-0.2, 0) is 0 Å². The second-order valence-electron chi connectivity index (χ2n) is 8.67. The van der Waals surface area contributed by atoms with Gasteiger partial charge < -0.3 is 14.5 Å². The molecule has 206 valence electrons. The predicted octanol–water partition coefficient (Wildman–Crippen LogP) is 8.66. The summed E-state index contributed by atoms with van der Waals surface area (Å²) in [7, 11) is 1.54. The smallest absolute Gasteiger partial charge is 0.343 e. The number of carbonyl (C=O) groups is 2. The number of ether oxygens (including phenoxy) is 2. The molecule has 0 fully saturated rings. The number of aromatic nitrogens is 1. The van der Waals surface area contributed by atoms with Crippen LogP contribution in [0.2, 0.25) is 10.0 Å². The fourth-order valence-corrected chi connectivity index (χ4v) is 5.90. The molecule has 41 heavy (non-hydrogen) atoms. The molecule has 0 spiro atoms. The maximum Gasteiger partial charge on any atom is 0.343 e. The monoisotopic (exact) mass is 713 g/mol. The number of carbonyl (C=O) groups excluding carboxylic acids is 2. The summed E-state index contributed by atoms with van der Waals surface area (Å²) in [5.41, 5.74) is 5.56. The number of rotatable bonds is 7. The highest BCUT2D eigenvalue weighted by molar-refractivity contribution is 9.11. The molecule has 0 aliphatic heterocycles. The molecule has 1 aromatic heterocycles. The number of halogens is 4. The second-order valence-corrected chi connectivity index (χ2v) is 11.3. The quantitative estimate of drug-likeness (QED) is 0.0764. The number of esters is 1. The van der Waals surface area contributed by atoms with Gasteiger partial charge in [-0.2, -0.15) is 5.10 Å². The number of fused-ring (bicyclic) bond motifs is 1. The average molecular weight is 716 g/mol. The third-order valence-corrected chi connectivity index (χ3v) is 7.67. The van der Waals surface area contributed by atoms with Gasteiger partial charge in [0.2, 0.25) is 0 Å².